The number of guanidine groups is 1. The first-order chi connectivity index (χ1) is 23.9. The zero-order valence-corrected chi connectivity index (χ0v) is 28.4. The number of aliphatic hydroxyl groups excluding tert-OH is 2. The lowest BCUT2D eigenvalue weighted by Crippen LogP contribution is -2.60. The fourth-order valence-corrected chi connectivity index (χ4v) is 4.30. The van der Waals surface area contributed by atoms with Crippen molar-refractivity contribution in [1.82, 2.24) is 31.9 Å². The van der Waals surface area contributed by atoms with E-state index in [4.69, 9.17) is 17.2 Å². The molecule has 0 radical (unpaired) electrons. The molecular formula is C30H48N10O11. The number of aliphatic carboxylic acids is 1. The van der Waals surface area contributed by atoms with E-state index in [0.717, 1.165) is 6.92 Å². The molecule has 0 heterocycles. The van der Waals surface area contributed by atoms with Gasteiger partial charge >= 0.3 is 5.97 Å². The minimum Gasteiger partial charge on any atom is -0.508 e. The van der Waals surface area contributed by atoms with E-state index in [1.807, 2.05) is 0 Å². The Kier molecular flexibility index (Phi) is 18.4. The first-order valence-corrected chi connectivity index (χ1v) is 15.8. The largest absolute Gasteiger partial charge is 0.508 e. The van der Waals surface area contributed by atoms with Gasteiger partial charge < -0.3 is 69.5 Å². The van der Waals surface area contributed by atoms with E-state index in [1.165, 1.54) is 38.1 Å². The quantitative estimate of drug-likeness (QED) is 0.0319. The number of aliphatic hydroxyl groups is 2. The van der Waals surface area contributed by atoms with Gasteiger partial charge in [-0.25, -0.2) is 4.79 Å². The van der Waals surface area contributed by atoms with Crippen LogP contribution in [0.5, 0.6) is 5.75 Å². The molecule has 0 unspecified atom stereocenters. The highest BCUT2D eigenvalue weighted by atomic mass is 16.4. The van der Waals surface area contributed by atoms with Crippen molar-refractivity contribution in [3.8, 4) is 5.75 Å². The van der Waals surface area contributed by atoms with E-state index in [9.17, 15) is 54.0 Å². The van der Waals surface area contributed by atoms with Crippen LogP contribution in [0.15, 0.2) is 29.3 Å². The molecule has 284 valence electrons. The van der Waals surface area contributed by atoms with Crippen LogP contribution in [-0.4, -0.2) is 130 Å². The van der Waals surface area contributed by atoms with Gasteiger partial charge in [0.15, 0.2) is 12.0 Å². The summed E-state index contributed by atoms with van der Waals surface area (Å²) in [6.45, 7) is 2.45. The molecule has 0 aromatic heterocycles. The number of carbonyl (C=O) groups excluding carboxylic acids is 6. The predicted octanol–water partition coefficient (Wildman–Crippen LogP) is -5.65. The zero-order valence-electron chi connectivity index (χ0n) is 28.4. The number of carbonyl (C=O) groups is 7. The minimum atomic E-state index is -1.67. The van der Waals surface area contributed by atoms with Gasteiger partial charge in [0, 0.05) is 13.0 Å². The number of carboxylic acids is 1. The third-order valence-corrected chi connectivity index (χ3v) is 7.16. The van der Waals surface area contributed by atoms with Gasteiger partial charge in [-0.1, -0.05) is 12.1 Å². The summed E-state index contributed by atoms with van der Waals surface area (Å²) in [5.74, 6) is -7.07. The zero-order chi connectivity index (χ0) is 38.8. The summed E-state index contributed by atoms with van der Waals surface area (Å²) in [5.41, 5.74) is 16.4. The number of nitrogens with zero attached hydrogens (tertiary/aromatic N) is 1. The number of aromatic hydroxyl groups is 1. The average Bonchev–Trinajstić information content (AvgIpc) is 3.06. The summed E-state index contributed by atoms with van der Waals surface area (Å²) in [6, 6.07) is -2.95. The second-order valence-corrected chi connectivity index (χ2v) is 11.5. The van der Waals surface area contributed by atoms with Crippen molar-refractivity contribution in [1.29, 1.82) is 0 Å². The normalized spacial score (nSPS) is 14.9. The Labute approximate surface area is 293 Å². The van der Waals surface area contributed by atoms with Crippen molar-refractivity contribution in [2.45, 2.75) is 82.4 Å². The topological polar surface area (TPSA) is 363 Å². The standard InChI is InChI=1S/C30H48N10O11/c1-14(35-22(44)12-31)24(45)39-21(13-41)28(49)38-20(11-17-6-8-18(43)9-7-17)27(48)37-19(5-4-10-34-30(32)33)26(47)36-15(2)25(46)40-23(16(3)42)29(50)51/h6-9,14-16,19-21,23,41-43H,4-5,10-13,31H2,1-3H3,(H,35,44)(H,36,47)(H,37,48)(H,38,49)(H,39,45)(H,40,46)(H,50,51)(H4,32,33,34)/t14-,15-,16+,19-,20-,21-,23-/m0/s1. The number of carboxylic acid groups (broad SMARTS) is 1. The van der Waals surface area contributed by atoms with Crippen LogP contribution < -0.4 is 49.1 Å². The van der Waals surface area contributed by atoms with Gasteiger partial charge in [-0.2, -0.15) is 0 Å². The monoisotopic (exact) mass is 724 g/mol. The van der Waals surface area contributed by atoms with Gasteiger partial charge in [0.05, 0.1) is 19.3 Å². The Morgan fingerprint density at radius 2 is 1.25 bits per heavy atom. The number of hydrogen-bond acceptors (Lipinski definition) is 12. The lowest BCUT2D eigenvalue weighted by molar-refractivity contribution is -0.145. The third-order valence-electron chi connectivity index (χ3n) is 7.16. The summed E-state index contributed by atoms with van der Waals surface area (Å²) in [6.07, 6.45) is -1.61. The van der Waals surface area contributed by atoms with E-state index in [0.29, 0.717) is 5.56 Å². The number of benzene rings is 1. The highest BCUT2D eigenvalue weighted by molar-refractivity contribution is 5.97. The Morgan fingerprint density at radius 1 is 0.745 bits per heavy atom. The van der Waals surface area contributed by atoms with Crippen molar-refractivity contribution >= 4 is 47.4 Å². The highest BCUT2D eigenvalue weighted by Crippen LogP contribution is 2.12. The SMILES string of the molecule is C[C@H](NC(=O)CN)C(=O)N[C@@H](CO)C(=O)N[C@@H](Cc1ccc(O)cc1)C(=O)N[C@@H](CCCN=C(N)N)C(=O)N[C@@H](C)C(=O)N[C@H](C(=O)O)[C@@H](C)O. The fourth-order valence-electron chi connectivity index (χ4n) is 4.30. The second-order valence-electron chi connectivity index (χ2n) is 11.5. The van der Waals surface area contributed by atoms with Gasteiger partial charge in [0.1, 0.15) is 36.0 Å². The molecule has 0 saturated heterocycles. The van der Waals surface area contributed by atoms with Crippen LogP contribution >= 0.6 is 0 Å². The number of phenols is 1. The number of aliphatic imine (C=N–C) groups is 1. The molecule has 1 aromatic rings. The third kappa shape index (κ3) is 15.7. The summed E-state index contributed by atoms with van der Waals surface area (Å²) in [5, 5.41) is 52.5. The Morgan fingerprint density at radius 3 is 1.78 bits per heavy atom. The molecule has 51 heavy (non-hydrogen) atoms. The van der Waals surface area contributed by atoms with Crippen molar-refractivity contribution in [2.75, 3.05) is 19.7 Å². The van der Waals surface area contributed by atoms with Gasteiger partial charge in [-0.05, 0) is 51.3 Å². The van der Waals surface area contributed by atoms with Crippen LogP contribution in [0.25, 0.3) is 0 Å². The first kappa shape index (κ1) is 43.5. The fraction of sp³-hybridized carbons (Fsp3) is 0.533. The van der Waals surface area contributed by atoms with Crippen LogP contribution in [-0.2, 0) is 40.0 Å². The summed E-state index contributed by atoms with van der Waals surface area (Å²) < 4.78 is 0. The summed E-state index contributed by atoms with van der Waals surface area (Å²) in [4.78, 5) is 92.3. The van der Waals surface area contributed by atoms with Gasteiger partial charge in [-0.3, -0.25) is 33.8 Å². The van der Waals surface area contributed by atoms with Crippen LogP contribution in [0.4, 0.5) is 0 Å². The number of nitrogens with two attached hydrogens (primary N) is 3. The smallest absolute Gasteiger partial charge is 0.328 e. The van der Waals surface area contributed by atoms with Crippen LogP contribution in [0.1, 0.15) is 39.2 Å². The molecule has 0 saturated carbocycles. The van der Waals surface area contributed by atoms with E-state index >= 15 is 0 Å². The minimum absolute atomic E-state index is 0.0441. The maximum Gasteiger partial charge on any atom is 0.328 e. The van der Waals surface area contributed by atoms with Crippen molar-refractivity contribution in [3.63, 3.8) is 0 Å². The summed E-state index contributed by atoms with van der Waals surface area (Å²) in [7, 11) is 0. The maximum absolute atomic E-state index is 13.7. The molecule has 0 bridgehead atoms. The van der Waals surface area contributed by atoms with Gasteiger partial charge in [0.2, 0.25) is 35.4 Å². The van der Waals surface area contributed by atoms with E-state index in [-0.39, 0.29) is 37.5 Å². The molecule has 1 rings (SSSR count). The first-order valence-electron chi connectivity index (χ1n) is 15.8. The van der Waals surface area contributed by atoms with Crippen molar-refractivity contribution in [2.24, 2.45) is 22.2 Å². The second kappa shape index (κ2) is 21.5. The molecule has 0 aliphatic rings. The molecule has 0 aliphatic carbocycles. The molecule has 0 fully saturated rings. The Balaban J connectivity index is 3.29. The van der Waals surface area contributed by atoms with Crippen molar-refractivity contribution in [3.05, 3.63) is 29.8 Å². The molecule has 1 aromatic carbocycles. The number of phenolic OH excluding ortho intramolecular Hbond substituents is 1. The highest BCUT2D eigenvalue weighted by Gasteiger charge is 2.32. The van der Waals surface area contributed by atoms with E-state index in [1.54, 1.807) is 0 Å². The number of hydrogen-bond donors (Lipinski definition) is 13. The molecule has 0 spiro atoms. The average molecular weight is 725 g/mol. The molecule has 21 nitrogen and oxygen atoms in total. The Bertz CT molecular complexity index is 1400. The predicted molar refractivity (Wildman–Crippen MR) is 180 cm³/mol. The van der Waals surface area contributed by atoms with Crippen LogP contribution in [0.2, 0.25) is 0 Å². The lowest BCUT2D eigenvalue weighted by atomic mass is 10.0. The number of nitrogens with one attached hydrogen (secondary N) is 6. The molecule has 21 heteroatoms. The van der Waals surface area contributed by atoms with Crippen molar-refractivity contribution < 1.29 is 54.0 Å². The van der Waals surface area contributed by atoms with E-state index in [2.05, 4.69) is 36.9 Å². The number of rotatable bonds is 21. The molecule has 0 aliphatic heterocycles. The Hall–Kier alpha value is -5.54. The molecule has 6 amide bonds. The van der Waals surface area contributed by atoms with Crippen LogP contribution in [0.3, 0.4) is 0 Å². The number of amides is 6. The molecular weight excluding hydrogens is 676 g/mol. The van der Waals surface area contributed by atoms with Crippen LogP contribution in [0, 0.1) is 0 Å². The van der Waals surface area contributed by atoms with E-state index < -0.39 is 96.9 Å². The maximum atomic E-state index is 13.7. The summed E-state index contributed by atoms with van der Waals surface area (Å²) >= 11 is 0. The molecule has 16 N–H and O–H groups in total. The van der Waals surface area contributed by atoms with Gasteiger partial charge in [-0.15, -0.1) is 0 Å². The lowest BCUT2D eigenvalue weighted by Gasteiger charge is -2.26. The molecule has 7 atom stereocenters. The van der Waals surface area contributed by atoms with Gasteiger partial charge in [0.25, 0.3) is 0 Å².